The molecule has 146 valence electrons. The SMILES string of the molecule is CS(=O)(=O)c1ccc(-c2cccc(-c3nc4cc(F)cc(F)c4c(=O)[nH]3)n2)cc1. The topological polar surface area (TPSA) is 92.8 Å². The second-order valence-corrected chi connectivity index (χ2v) is 8.42. The van der Waals surface area contributed by atoms with E-state index in [1.807, 2.05) is 0 Å². The zero-order valence-electron chi connectivity index (χ0n) is 15.0. The summed E-state index contributed by atoms with van der Waals surface area (Å²) in [5, 5.41) is -0.331. The number of fused-ring (bicyclic) bond motifs is 1. The molecular formula is C20H13F2N3O3S. The van der Waals surface area contributed by atoms with Crippen LogP contribution in [0.15, 0.2) is 64.3 Å². The van der Waals surface area contributed by atoms with Crippen molar-refractivity contribution in [2.24, 2.45) is 0 Å². The Bertz CT molecular complexity index is 1420. The third kappa shape index (κ3) is 3.64. The molecule has 0 saturated heterocycles. The second kappa shape index (κ2) is 6.85. The van der Waals surface area contributed by atoms with Gasteiger partial charge in [-0.2, -0.15) is 0 Å². The zero-order chi connectivity index (χ0) is 20.8. The lowest BCUT2D eigenvalue weighted by Gasteiger charge is -2.07. The Labute approximate surface area is 163 Å². The molecule has 0 aliphatic rings. The van der Waals surface area contributed by atoms with E-state index in [-0.39, 0.29) is 21.6 Å². The first kappa shape index (κ1) is 18.9. The van der Waals surface area contributed by atoms with Crippen molar-refractivity contribution >= 4 is 20.7 Å². The quantitative estimate of drug-likeness (QED) is 0.556. The van der Waals surface area contributed by atoms with Crippen LogP contribution in [0.3, 0.4) is 0 Å². The molecule has 0 aliphatic heterocycles. The van der Waals surface area contributed by atoms with E-state index >= 15 is 0 Å². The molecule has 4 aromatic rings. The van der Waals surface area contributed by atoms with Crippen molar-refractivity contribution in [1.29, 1.82) is 0 Å². The van der Waals surface area contributed by atoms with Gasteiger partial charge in [0.15, 0.2) is 15.7 Å². The maximum atomic E-state index is 13.9. The zero-order valence-corrected chi connectivity index (χ0v) is 15.8. The molecule has 0 unspecified atom stereocenters. The van der Waals surface area contributed by atoms with Gasteiger partial charge in [0.1, 0.15) is 22.7 Å². The Morgan fingerprint density at radius 2 is 1.62 bits per heavy atom. The van der Waals surface area contributed by atoms with Gasteiger partial charge in [-0.15, -0.1) is 0 Å². The first-order valence-corrected chi connectivity index (χ1v) is 10.3. The Morgan fingerprint density at radius 1 is 0.931 bits per heavy atom. The summed E-state index contributed by atoms with van der Waals surface area (Å²) in [7, 11) is -3.32. The molecule has 2 aromatic heterocycles. The molecular weight excluding hydrogens is 400 g/mol. The molecule has 1 N–H and O–H groups in total. The van der Waals surface area contributed by atoms with Crippen molar-refractivity contribution < 1.29 is 17.2 Å². The molecule has 4 rings (SSSR count). The maximum Gasteiger partial charge on any atom is 0.262 e. The van der Waals surface area contributed by atoms with Crippen molar-refractivity contribution in [2.45, 2.75) is 4.90 Å². The number of aromatic nitrogens is 3. The van der Waals surface area contributed by atoms with Crippen LogP contribution in [0.1, 0.15) is 0 Å². The van der Waals surface area contributed by atoms with E-state index in [1.165, 1.54) is 12.1 Å². The molecule has 0 aliphatic carbocycles. The van der Waals surface area contributed by atoms with Crippen LogP contribution in [0.5, 0.6) is 0 Å². The predicted molar refractivity (Wildman–Crippen MR) is 104 cm³/mol. The Kier molecular flexibility index (Phi) is 4.46. The fraction of sp³-hybridized carbons (Fsp3) is 0.0500. The van der Waals surface area contributed by atoms with Gasteiger partial charge in [0.05, 0.1) is 16.1 Å². The summed E-state index contributed by atoms with van der Waals surface area (Å²) >= 11 is 0. The summed E-state index contributed by atoms with van der Waals surface area (Å²) < 4.78 is 50.6. The van der Waals surface area contributed by atoms with E-state index in [0.29, 0.717) is 23.0 Å². The number of pyridine rings is 1. The fourth-order valence-electron chi connectivity index (χ4n) is 2.91. The van der Waals surface area contributed by atoms with Gasteiger partial charge in [0.2, 0.25) is 0 Å². The molecule has 0 saturated carbocycles. The minimum atomic E-state index is -3.32. The molecule has 0 atom stereocenters. The van der Waals surface area contributed by atoms with Gasteiger partial charge >= 0.3 is 0 Å². The Morgan fingerprint density at radius 3 is 2.31 bits per heavy atom. The third-order valence-electron chi connectivity index (χ3n) is 4.30. The number of hydrogen-bond acceptors (Lipinski definition) is 5. The first-order valence-electron chi connectivity index (χ1n) is 8.39. The normalized spacial score (nSPS) is 11.7. The van der Waals surface area contributed by atoms with E-state index < -0.39 is 27.0 Å². The summed E-state index contributed by atoms with van der Waals surface area (Å²) in [6.45, 7) is 0. The van der Waals surface area contributed by atoms with Crippen molar-refractivity contribution in [3.05, 3.63) is 76.6 Å². The van der Waals surface area contributed by atoms with Crippen LogP contribution in [0.25, 0.3) is 33.7 Å². The highest BCUT2D eigenvalue weighted by Crippen LogP contribution is 2.23. The van der Waals surface area contributed by atoms with E-state index in [9.17, 15) is 22.0 Å². The van der Waals surface area contributed by atoms with Crippen molar-refractivity contribution in [3.63, 3.8) is 0 Å². The van der Waals surface area contributed by atoms with Gasteiger partial charge < -0.3 is 4.98 Å². The summed E-state index contributed by atoms with van der Waals surface area (Å²) in [6, 6.07) is 12.8. The van der Waals surface area contributed by atoms with E-state index in [4.69, 9.17) is 0 Å². The molecule has 0 fully saturated rings. The van der Waals surface area contributed by atoms with Crippen LogP contribution < -0.4 is 5.56 Å². The van der Waals surface area contributed by atoms with E-state index in [2.05, 4.69) is 15.0 Å². The highest BCUT2D eigenvalue weighted by Gasteiger charge is 2.13. The molecule has 0 spiro atoms. The van der Waals surface area contributed by atoms with Gasteiger partial charge in [-0.1, -0.05) is 18.2 Å². The molecule has 2 aromatic carbocycles. The van der Waals surface area contributed by atoms with Crippen LogP contribution >= 0.6 is 0 Å². The molecule has 0 bridgehead atoms. The predicted octanol–water partition coefficient (Wildman–Crippen LogP) is 3.33. The maximum absolute atomic E-state index is 13.9. The van der Waals surface area contributed by atoms with E-state index in [1.54, 1.807) is 30.3 Å². The highest BCUT2D eigenvalue weighted by molar-refractivity contribution is 7.90. The molecule has 2 heterocycles. The van der Waals surface area contributed by atoms with Gasteiger partial charge in [0, 0.05) is 24.0 Å². The van der Waals surface area contributed by atoms with E-state index in [0.717, 1.165) is 12.3 Å². The summed E-state index contributed by atoms with van der Waals surface area (Å²) in [6.07, 6.45) is 1.12. The largest absolute Gasteiger partial charge is 0.305 e. The third-order valence-corrected chi connectivity index (χ3v) is 5.42. The van der Waals surface area contributed by atoms with Crippen LogP contribution in [-0.2, 0) is 9.84 Å². The summed E-state index contributed by atoms with van der Waals surface area (Å²) in [5.74, 6) is -1.78. The van der Waals surface area contributed by atoms with Gasteiger partial charge in [-0.25, -0.2) is 27.2 Å². The Balaban J connectivity index is 1.81. The second-order valence-electron chi connectivity index (χ2n) is 6.40. The van der Waals surface area contributed by atoms with Gasteiger partial charge in [-0.05, 0) is 24.3 Å². The van der Waals surface area contributed by atoms with Gasteiger partial charge in [0.25, 0.3) is 5.56 Å². The average molecular weight is 413 g/mol. The number of rotatable bonds is 3. The van der Waals surface area contributed by atoms with Crippen LogP contribution in [0.2, 0.25) is 0 Å². The number of sulfone groups is 1. The standard InChI is InChI=1S/C20H13F2N3O3S/c1-29(27,28)13-7-5-11(6-8-13)15-3-2-4-16(23-15)19-24-17-10-12(21)9-14(22)18(17)20(26)25-19/h2-10H,1H3,(H,24,25,26). The number of nitrogens with zero attached hydrogens (tertiary/aromatic N) is 2. The number of benzene rings is 2. The fourth-order valence-corrected chi connectivity index (χ4v) is 3.54. The lowest BCUT2D eigenvalue weighted by Crippen LogP contribution is -2.12. The van der Waals surface area contributed by atoms with Crippen molar-refractivity contribution in [1.82, 2.24) is 15.0 Å². The molecule has 0 amide bonds. The number of aromatic amines is 1. The first-order chi connectivity index (χ1) is 13.7. The highest BCUT2D eigenvalue weighted by atomic mass is 32.2. The number of halogens is 2. The number of H-pyrrole nitrogens is 1. The van der Waals surface area contributed by atoms with Crippen LogP contribution in [-0.4, -0.2) is 29.6 Å². The molecule has 9 heteroatoms. The minimum absolute atomic E-state index is 0.0575. The van der Waals surface area contributed by atoms with Crippen molar-refractivity contribution in [3.8, 4) is 22.8 Å². The number of nitrogens with one attached hydrogen (secondary N) is 1. The Hall–Kier alpha value is -3.46. The summed E-state index contributed by atoms with van der Waals surface area (Å²) in [5.41, 5.74) is 0.590. The molecule has 6 nitrogen and oxygen atoms in total. The minimum Gasteiger partial charge on any atom is -0.305 e. The lowest BCUT2D eigenvalue weighted by molar-refractivity contribution is 0.590. The van der Waals surface area contributed by atoms with Crippen LogP contribution in [0.4, 0.5) is 8.78 Å². The molecule has 0 radical (unpaired) electrons. The lowest BCUT2D eigenvalue weighted by atomic mass is 10.1. The monoisotopic (exact) mass is 413 g/mol. The number of hydrogen-bond donors (Lipinski definition) is 1. The van der Waals surface area contributed by atoms with Crippen molar-refractivity contribution in [2.75, 3.05) is 6.26 Å². The average Bonchev–Trinajstić information content (AvgIpc) is 2.66. The summed E-state index contributed by atoms with van der Waals surface area (Å²) in [4.78, 5) is 23.5. The van der Waals surface area contributed by atoms with Gasteiger partial charge in [-0.3, -0.25) is 4.79 Å². The molecule has 29 heavy (non-hydrogen) atoms. The smallest absolute Gasteiger partial charge is 0.262 e. The van der Waals surface area contributed by atoms with Crippen LogP contribution in [0, 0.1) is 11.6 Å².